The van der Waals surface area contributed by atoms with Crippen LogP contribution in [-0.2, 0) is 9.59 Å². The van der Waals surface area contributed by atoms with Crippen molar-refractivity contribution in [3.63, 3.8) is 0 Å². The van der Waals surface area contributed by atoms with Gasteiger partial charge < -0.3 is 21.3 Å². The summed E-state index contributed by atoms with van der Waals surface area (Å²) in [7, 11) is 0. The van der Waals surface area contributed by atoms with Gasteiger partial charge in [0, 0.05) is 6.54 Å². The quantitative estimate of drug-likeness (QED) is 0.412. The number of rotatable bonds is 5. The second-order valence-electron chi connectivity index (χ2n) is 3.05. The molecule has 0 radical (unpaired) electrons. The number of aliphatic hydroxyl groups is 1. The number of amides is 1. The van der Waals surface area contributed by atoms with Gasteiger partial charge in [0.05, 0.1) is 18.6 Å². The zero-order valence-corrected chi connectivity index (χ0v) is 7.41. The third-order valence-corrected chi connectivity index (χ3v) is 1.38. The van der Waals surface area contributed by atoms with Crippen molar-refractivity contribution in [1.82, 2.24) is 5.32 Å². The van der Waals surface area contributed by atoms with E-state index in [-0.39, 0.29) is 13.1 Å². The van der Waals surface area contributed by atoms with E-state index in [1.54, 1.807) is 0 Å². The lowest BCUT2D eigenvalue weighted by Crippen LogP contribution is -2.43. The van der Waals surface area contributed by atoms with E-state index in [9.17, 15) is 14.7 Å². The molecule has 1 atom stereocenters. The average molecular weight is 190 g/mol. The van der Waals surface area contributed by atoms with Crippen LogP contribution in [0.25, 0.3) is 0 Å². The standard InChI is InChI=1S/C7H14N2O4/c1-7(13,2-6(11)12)4-9-5(10)3-8/h13H,2-4,8H2,1H3,(H,9,10)(H,11,12). The first-order valence-corrected chi connectivity index (χ1v) is 3.78. The number of nitrogens with two attached hydrogens (primary N) is 1. The maximum atomic E-state index is 10.6. The number of nitrogens with one attached hydrogen (secondary N) is 1. The molecule has 76 valence electrons. The minimum Gasteiger partial charge on any atom is -0.481 e. The van der Waals surface area contributed by atoms with Gasteiger partial charge in [0.1, 0.15) is 0 Å². The fourth-order valence-corrected chi connectivity index (χ4v) is 0.749. The monoisotopic (exact) mass is 190 g/mol. The Kier molecular flexibility index (Phi) is 4.36. The maximum absolute atomic E-state index is 10.6. The zero-order chi connectivity index (χ0) is 10.5. The number of hydrogen-bond acceptors (Lipinski definition) is 4. The van der Waals surface area contributed by atoms with E-state index in [0.717, 1.165) is 0 Å². The molecule has 6 heteroatoms. The summed E-state index contributed by atoms with van der Waals surface area (Å²) in [5.41, 5.74) is 3.56. The highest BCUT2D eigenvalue weighted by Gasteiger charge is 2.24. The maximum Gasteiger partial charge on any atom is 0.306 e. The zero-order valence-electron chi connectivity index (χ0n) is 7.41. The van der Waals surface area contributed by atoms with Crippen LogP contribution in [0.1, 0.15) is 13.3 Å². The van der Waals surface area contributed by atoms with Crippen molar-refractivity contribution in [2.45, 2.75) is 18.9 Å². The second-order valence-corrected chi connectivity index (χ2v) is 3.05. The predicted molar refractivity (Wildman–Crippen MR) is 44.9 cm³/mol. The topological polar surface area (TPSA) is 113 Å². The molecule has 0 aromatic rings. The van der Waals surface area contributed by atoms with Gasteiger partial charge in [-0.3, -0.25) is 9.59 Å². The first-order valence-electron chi connectivity index (χ1n) is 3.78. The number of carboxylic acids is 1. The van der Waals surface area contributed by atoms with Crippen LogP contribution in [0.4, 0.5) is 0 Å². The molecule has 0 spiro atoms. The van der Waals surface area contributed by atoms with Crippen molar-refractivity contribution < 1.29 is 19.8 Å². The summed E-state index contributed by atoms with van der Waals surface area (Å²) < 4.78 is 0. The Morgan fingerprint density at radius 1 is 1.54 bits per heavy atom. The minimum absolute atomic E-state index is 0.116. The lowest BCUT2D eigenvalue weighted by atomic mass is 10.0. The summed E-state index contributed by atoms with van der Waals surface area (Å²) in [5.74, 6) is -1.54. The molecule has 0 aromatic heterocycles. The molecule has 0 aromatic carbocycles. The van der Waals surface area contributed by atoms with Crippen molar-refractivity contribution in [3.8, 4) is 0 Å². The van der Waals surface area contributed by atoms with Crippen LogP contribution in [0.3, 0.4) is 0 Å². The molecule has 6 nitrogen and oxygen atoms in total. The number of carboxylic acid groups (broad SMARTS) is 1. The summed E-state index contributed by atoms with van der Waals surface area (Å²) in [6.07, 6.45) is -0.419. The van der Waals surface area contributed by atoms with Crippen LogP contribution < -0.4 is 11.1 Å². The summed E-state index contributed by atoms with van der Waals surface area (Å²) in [5, 5.41) is 20.1. The first kappa shape index (κ1) is 11.9. The second kappa shape index (κ2) is 4.78. The van der Waals surface area contributed by atoms with Crippen LogP contribution in [0.15, 0.2) is 0 Å². The van der Waals surface area contributed by atoms with Gasteiger partial charge in [0.15, 0.2) is 0 Å². The number of carbonyl (C=O) groups excluding carboxylic acids is 1. The van der Waals surface area contributed by atoms with Gasteiger partial charge in [-0.1, -0.05) is 0 Å². The highest BCUT2D eigenvalue weighted by atomic mass is 16.4. The minimum atomic E-state index is -1.43. The van der Waals surface area contributed by atoms with Gasteiger partial charge in [-0.05, 0) is 6.92 Å². The molecular weight excluding hydrogens is 176 g/mol. The van der Waals surface area contributed by atoms with Gasteiger partial charge in [0.2, 0.25) is 5.91 Å². The van der Waals surface area contributed by atoms with Crippen molar-refractivity contribution in [1.29, 1.82) is 0 Å². The molecule has 0 rings (SSSR count). The van der Waals surface area contributed by atoms with E-state index in [2.05, 4.69) is 5.32 Å². The Morgan fingerprint density at radius 2 is 2.08 bits per heavy atom. The number of carbonyl (C=O) groups is 2. The van der Waals surface area contributed by atoms with E-state index in [4.69, 9.17) is 10.8 Å². The SMILES string of the molecule is CC(O)(CNC(=O)CN)CC(=O)O. The van der Waals surface area contributed by atoms with E-state index in [1.165, 1.54) is 6.92 Å². The molecule has 0 heterocycles. The average Bonchev–Trinajstić information content (AvgIpc) is 1.98. The Morgan fingerprint density at radius 3 is 2.46 bits per heavy atom. The van der Waals surface area contributed by atoms with E-state index < -0.39 is 23.9 Å². The molecule has 1 unspecified atom stereocenters. The van der Waals surface area contributed by atoms with Gasteiger partial charge in [-0.2, -0.15) is 0 Å². The van der Waals surface area contributed by atoms with Crippen molar-refractivity contribution in [2.75, 3.05) is 13.1 Å². The van der Waals surface area contributed by atoms with Crippen LogP contribution in [0.2, 0.25) is 0 Å². The third kappa shape index (κ3) is 6.06. The molecule has 0 saturated carbocycles. The Bertz CT molecular complexity index is 203. The van der Waals surface area contributed by atoms with Crippen LogP contribution in [0.5, 0.6) is 0 Å². The molecule has 0 fully saturated rings. The van der Waals surface area contributed by atoms with Crippen LogP contribution >= 0.6 is 0 Å². The molecule has 0 aliphatic heterocycles. The van der Waals surface area contributed by atoms with Gasteiger partial charge in [-0.25, -0.2) is 0 Å². The molecule has 13 heavy (non-hydrogen) atoms. The van der Waals surface area contributed by atoms with Crippen molar-refractivity contribution in [3.05, 3.63) is 0 Å². The Balaban J connectivity index is 3.88. The fourth-order valence-electron chi connectivity index (χ4n) is 0.749. The smallest absolute Gasteiger partial charge is 0.306 e. The first-order chi connectivity index (χ1) is 5.87. The normalized spacial score (nSPS) is 14.7. The van der Waals surface area contributed by atoms with Crippen LogP contribution in [0, 0.1) is 0 Å². The van der Waals surface area contributed by atoms with Gasteiger partial charge >= 0.3 is 5.97 Å². The third-order valence-electron chi connectivity index (χ3n) is 1.38. The largest absolute Gasteiger partial charge is 0.481 e. The molecule has 0 bridgehead atoms. The lowest BCUT2D eigenvalue weighted by Gasteiger charge is -2.21. The van der Waals surface area contributed by atoms with Crippen molar-refractivity contribution in [2.24, 2.45) is 5.73 Å². The molecule has 0 aliphatic rings. The fraction of sp³-hybridized carbons (Fsp3) is 0.714. The van der Waals surface area contributed by atoms with E-state index in [1.807, 2.05) is 0 Å². The summed E-state index contributed by atoms with van der Waals surface area (Å²) in [6, 6.07) is 0. The van der Waals surface area contributed by atoms with E-state index in [0.29, 0.717) is 0 Å². The molecular formula is C7H14N2O4. The van der Waals surface area contributed by atoms with Gasteiger partial charge in [-0.15, -0.1) is 0 Å². The lowest BCUT2D eigenvalue weighted by molar-refractivity contribution is -0.142. The molecule has 5 N–H and O–H groups in total. The Labute approximate surface area is 75.7 Å². The molecule has 1 amide bonds. The molecule has 0 saturated heterocycles. The van der Waals surface area contributed by atoms with Crippen molar-refractivity contribution >= 4 is 11.9 Å². The van der Waals surface area contributed by atoms with Gasteiger partial charge in [0.25, 0.3) is 0 Å². The summed E-state index contributed by atoms with van der Waals surface area (Å²) in [4.78, 5) is 20.9. The highest BCUT2D eigenvalue weighted by molar-refractivity contribution is 5.78. The number of aliphatic carboxylic acids is 1. The molecule has 0 aliphatic carbocycles. The number of hydrogen-bond donors (Lipinski definition) is 4. The highest BCUT2D eigenvalue weighted by Crippen LogP contribution is 2.06. The predicted octanol–water partition coefficient (Wildman–Crippen LogP) is -1.71. The summed E-state index contributed by atoms with van der Waals surface area (Å²) >= 11 is 0. The summed E-state index contributed by atoms with van der Waals surface area (Å²) in [6.45, 7) is 1.04. The van der Waals surface area contributed by atoms with E-state index >= 15 is 0 Å². The Hall–Kier alpha value is -1.14. The van der Waals surface area contributed by atoms with Crippen LogP contribution in [-0.4, -0.2) is 40.8 Å².